The van der Waals surface area contributed by atoms with Crippen LogP contribution in [0.15, 0.2) is 6.20 Å². The minimum atomic E-state index is -0.268. The van der Waals surface area contributed by atoms with Gasteiger partial charge in [-0.15, -0.1) is 5.10 Å². The van der Waals surface area contributed by atoms with Gasteiger partial charge in [0.2, 0.25) is 0 Å². The highest BCUT2D eigenvalue weighted by molar-refractivity contribution is 5.65. The number of hydrogen-bond acceptors (Lipinski definition) is 4. The van der Waals surface area contributed by atoms with Gasteiger partial charge in [-0.05, 0) is 6.42 Å². The number of nitrogens with zero attached hydrogens (tertiary/aromatic N) is 3. The molecule has 13 heavy (non-hydrogen) atoms. The first-order valence-corrected chi connectivity index (χ1v) is 4.24. The van der Waals surface area contributed by atoms with E-state index in [9.17, 15) is 4.79 Å². The third-order valence-corrected chi connectivity index (χ3v) is 1.57. The van der Waals surface area contributed by atoms with Crippen LogP contribution >= 0.6 is 0 Å². The molecule has 72 valence electrons. The highest BCUT2D eigenvalue weighted by Crippen LogP contribution is 1.93. The monoisotopic (exact) mass is 183 g/mol. The molecule has 0 aliphatic rings. The maximum absolute atomic E-state index is 10.4. The van der Waals surface area contributed by atoms with Crippen molar-refractivity contribution in [2.24, 2.45) is 0 Å². The van der Waals surface area contributed by atoms with E-state index < -0.39 is 0 Å². The first-order chi connectivity index (χ1) is 6.22. The lowest BCUT2D eigenvalue weighted by Gasteiger charge is -2.00. The van der Waals surface area contributed by atoms with Crippen molar-refractivity contribution in [3.05, 3.63) is 11.9 Å². The molecule has 0 unspecified atom stereocenters. The van der Waals surface area contributed by atoms with Gasteiger partial charge in [-0.1, -0.05) is 12.1 Å². The van der Waals surface area contributed by atoms with Crippen molar-refractivity contribution in [3.63, 3.8) is 0 Å². The third kappa shape index (κ3) is 3.23. The zero-order valence-electron chi connectivity index (χ0n) is 7.86. The van der Waals surface area contributed by atoms with Gasteiger partial charge >= 0.3 is 5.97 Å². The standard InChI is InChI=1S/C8H13N3O2/c1-3-8-6-11(10-9-8)4-5-13-7(2)12/h6H,3-5H2,1-2H3. The van der Waals surface area contributed by atoms with Crippen LogP contribution in [0.5, 0.6) is 0 Å². The van der Waals surface area contributed by atoms with Crippen LogP contribution in [-0.2, 0) is 22.5 Å². The molecule has 0 bridgehead atoms. The summed E-state index contributed by atoms with van der Waals surface area (Å²) >= 11 is 0. The largest absolute Gasteiger partial charge is 0.464 e. The molecule has 1 aromatic heterocycles. The summed E-state index contributed by atoms with van der Waals surface area (Å²) in [5, 5.41) is 7.76. The Labute approximate surface area is 76.7 Å². The van der Waals surface area contributed by atoms with Crippen LogP contribution in [0.25, 0.3) is 0 Å². The summed E-state index contributed by atoms with van der Waals surface area (Å²) in [6.07, 6.45) is 2.72. The van der Waals surface area contributed by atoms with E-state index in [2.05, 4.69) is 10.3 Å². The molecule has 0 aromatic carbocycles. The molecule has 1 heterocycles. The second kappa shape index (κ2) is 4.59. The van der Waals surface area contributed by atoms with E-state index in [0.29, 0.717) is 13.2 Å². The van der Waals surface area contributed by atoms with Gasteiger partial charge in [0, 0.05) is 13.1 Å². The topological polar surface area (TPSA) is 57.0 Å². The molecule has 1 rings (SSSR count). The van der Waals surface area contributed by atoms with Crippen molar-refractivity contribution in [2.45, 2.75) is 26.8 Å². The molecular formula is C8H13N3O2. The molecule has 0 spiro atoms. The van der Waals surface area contributed by atoms with E-state index >= 15 is 0 Å². The molecule has 5 nitrogen and oxygen atoms in total. The Balaban J connectivity index is 2.32. The van der Waals surface area contributed by atoms with E-state index in [1.165, 1.54) is 6.92 Å². The van der Waals surface area contributed by atoms with E-state index in [1.54, 1.807) is 4.68 Å². The number of esters is 1. The van der Waals surface area contributed by atoms with E-state index in [-0.39, 0.29) is 5.97 Å². The molecule has 0 N–H and O–H groups in total. The Morgan fingerprint density at radius 3 is 3.00 bits per heavy atom. The predicted octanol–water partition coefficient (Wildman–Crippen LogP) is 0.404. The van der Waals surface area contributed by atoms with Gasteiger partial charge in [0.05, 0.1) is 12.2 Å². The fourth-order valence-corrected chi connectivity index (χ4v) is 0.893. The summed E-state index contributed by atoms with van der Waals surface area (Å²) < 4.78 is 6.43. The lowest BCUT2D eigenvalue weighted by atomic mass is 10.4. The smallest absolute Gasteiger partial charge is 0.302 e. The number of aromatic nitrogens is 3. The Kier molecular flexibility index (Phi) is 3.42. The van der Waals surface area contributed by atoms with Crippen molar-refractivity contribution in [1.82, 2.24) is 15.0 Å². The predicted molar refractivity (Wildman–Crippen MR) is 46.0 cm³/mol. The number of rotatable bonds is 4. The molecule has 0 aliphatic carbocycles. The molecule has 5 heteroatoms. The van der Waals surface area contributed by atoms with Crippen LogP contribution in [0.1, 0.15) is 19.5 Å². The molecule has 0 saturated carbocycles. The lowest BCUT2D eigenvalue weighted by Crippen LogP contribution is -2.09. The van der Waals surface area contributed by atoms with E-state index in [0.717, 1.165) is 12.1 Å². The van der Waals surface area contributed by atoms with Crippen molar-refractivity contribution < 1.29 is 9.53 Å². The van der Waals surface area contributed by atoms with Crippen LogP contribution in [0, 0.1) is 0 Å². The van der Waals surface area contributed by atoms with Crippen molar-refractivity contribution in [3.8, 4) is 0 Å². The zero-order valence-corrected chi connectivity index (χ0v) is 7.86. The van der Waals surface area contributed by atoms with E-state index in [1.807, 2.05) is 13.1 Å². The lowest BCUT2D eigenvalue weighted by molar-refractivity contribution is -0.141. The maximum atomic E-state index is 10.4. The van der Waals surface area contributed by atoms with Crippen LogP contribution in [-0.4, -0.2) is 27.6 Å². The quantitative estimate of drug-likeness (QED) is 0.634. The Morgan fingerprint density at radius 2 is 2.46 bits per heavy atom. The molecule has 1 aromatic rings. The van der Waals surface area contributed by atoms with Gasteiger partial charge in [-0.3, -0.25) is 4.79 Å². The maximum Gasteiger partial charge on any atom is 0.302 e. The van der Waals surface area contributed by atoms with Crippen molar-refractivity contribution in [1.29, 1.82) is 0 Å². The molecule has 0 radical (unpaired) electrons. The van der Waals surface area contributed by atoms with Crippen LogP contribution in [0.3, 0.4) is 0 Å². The first-order valence-electron chi connectivity index (χ1n) is 4.24. The first kappa shape index (κ1) is 9.70. The Morgan fingerprint density at radius 1 is 1.69 bits per heavy atom. The van der Waals surface area contributed by atoms with Crippen LogP contribution < -0.4 is 0 Å². The molecule has 0 amide bonds. The highest BCUT2D eigenvalue weighted by Gasteiger charge is 1.98. The number of carbonyl (C=O) groups excluding carboxylic acids is 1. The SMILES string of the molecule is CCc1cn(CCOC(C)=O)nn1. The molecule has 0 atom stereocenters. The fraction of sp³-hybridized carbons (Fsp3) is 0.625. The average Bonchev–Trinajstić information content (AvgIpc) is 2.52. The van der Waals surface area contributed by atoms with Gasteiger partial charge in [0.15, 0.2) is 0 Å². The summed E-state index contributed by atoms with van der Waals surface area (Å²) in [4.78, 5) is 10.4. The highest BCUT2D eigenvalue weighted by atomic mass is 16.5. The third-order valence-electron chi connectivity index (χ3n) is 1.57. The minimum Gasteiger partial charge on any atom is -0.464 e. The van der Waals surface area contributed by atoms with Gasteiger partial charge in [-0.25, -0.2) is 4.68 Å². The fourth-order valence-electron chi connectivity index (χ4n) is 0.893. The van der Waals surface area contributed by atoms with Gasteiger partial charge in [0.1, 0.15) is 6.61 Å². The zero-order chi connectivity index (χ0) is 9.68. The van der Waals surface area contributed by atoms with Crippen molar-refractivity contribution >= 4 is 5.97 Å². The molecular weight excluding hydrogens is 170 g/mol. The molecule has 0 fully saturated rings. The van der Waals surface area contributed by atoms with Crippen molar-refractivity contribution in [2.75, 3.05) is 6.61 Å². The number of carbonyl (C=O) groups is 1. The number of hydrogen-bond donors (Lipinski definition) is 0. The summed E-state index contributed by atoms with van der Waals surface area (Å²) in [7, 11) is 0. The van der Waals surface area contributed by atoms with E-state index in [4.69, 9.17) is 4.74 Å². The summed E-state index contributed by atoms with van der Waals surface area (Å²) in [6, 6.07) is 0. The Hall–Kier alpha value is -1.39. The summed E-state index contributed by atoms with van der Waals surface area (Å²) in [5.74, 6) is -0.268. The number of ether oxygens (including phenoxy) is 1. The van der Waals surface area contributed by atoms with Gasteiger partial charge in [0.25, 0.3) is 0 Å². The van der Waals surface area contributed by atoms with Crippen LogP contribution in [0.2, 0.25) is 0 Å². The molecule has 0 aliphatic heterocycles. The normalized spacial score (nSPS) is 10.0. The minimum absolute atomic E-state index is 0.268. The summed E-state index contributed by atoms with van der Waals surface area (Å²) in [5.41, 5.74) is 0.947. The second-order valence-corrected chi connectivity index (χ2v) is 2.67. The van der Waals surface area contributed by atoms with Gasteiger partial charge < -0.3 is 4.74 Å². The Bertz CT molecular complexity index is 283. The summed E-state index contributed by atoms with van der Waals surface area (Å²) in [6.45, 7) is 4.31. The average molecular weight is 183 g/mol. The van der Waals surface area contributed by atoms with Crippen LogP contribution in [0.4, 0.5) is 0 Å². The van der Waals surface area contributed by atoms with Gasteiger partial charge in [-0.2, -0.15) is 0 Å². The second-order valence-electron chi connectivity index (χ2n) is 2.67. The molecule has 0 saturated heterocycles. The number of aryl methyl sites for hydroxylation is 1.